The van der Waals surface area contributed by atoms with Crippen LogP contribution in [0.2, 0.25) is 5.02 Å². The predicted octanol–water partition coefficient (Wildman–Crippen LogP) is 2.46. The van der Waals surface area contributed by atoms with Crippen molar-refractivity contribution < 1.29 is 0 Å². The molecule has 4 aromatic rings. The van der Waals surface area contributed by atoms with Crippen LogP contribution in [0, 0.1) is 0 Å². The molecule has 0 bridgehead atoms. The number of rotatable bonds is 4. The van der Waals surface area contributed by atoms with Crippen LogP contribution >= 0.6 is 11.6 Å². The average Bonchev–Trinajstić information content (AvgIpc) is 3.19. The molecule has 8 nitrogen and oxygen atoms in total. The summed E-state index contributed by atoms with van der Waals surface area (Å²) in [6.07, 6.45) is 0. The first kappa shape index (κ1) is 21.3. The monoisotopic (exact) mass is 464 g/mol. The smallest absolute Gasteiger partial charge is 0.332 e. The van der Waals surface area contributed by atoms with Gasteiger partial charge in [0, 0.05) is 51.0 Å². The predicted molar refractivity (Wildman–Crippen MR) is 132 cm³/mol. The number of fused-ring (bicyclic) bond motifs is 1. The molecule has 5 rings (SSSR count). The summed E-state index contributed by atoms with van der Waals surface area (Å²) in [5, 5.41) is 0.522. The third-order valence-corrected chi connectivity index (χ3v) is 6.68. The lowest BCUT2D eigenvalue weighted by atomic mass is 10.2. The van der Waals surface area contributed by atoms with E-state index in [1.807, 2.05) is 43.4 Å². The minimum Gasteiger partial charge on any atom is -0.368 e. The second-order valence-corrected chi connectivity index (χ2v) is 8.68. The molecule has 1 aliphatic heterocycles. The maximum atomic E-state index is 13.4. The van der Waals surface area contributed by atoms with Gasteiger partial charge < -0.3 is 14.4 Å². The van der Waals surface area contributed by atoms with Crippen molar-refractivity contribution in [2.24, 2.45) is 14.1 Å². The van der Waals surface area contributed by atoms with Crippen LogP contribution in [0.1, 0.15) is 5.56 Å². The first-order valence-corrected chi connectivity index (χ1v) is 11.3. The lowest BCUT2D eigenvalue weighted by molar-refractivity contribution is 0.631. The molecule has 3 heterocycles. The lowest BCUT2D eigenvalue weighted by Gasteiger charge is -2.36. The largest absolute Gasteiger partial charge is 0.368 e. The van der Waals surface area contributed by atoms with Crippen molar-refractivity contribution in [1.82, 2.24) is 18.7 Å². The molecule has 1 saturated heterocycles. The summed E-state index contributed by atoms with van der Waals surface area (Å²) in [5.41, 5.74) is 1.94. The second kappa shape index (κ2) is 8.44. The zero-order valence-corrected chi connectivity index (χ0v) is 19.4. The molecule has 0 saturated carbocycles. The van der Waals surface area contributed by atoms with Gasteiger partial charge in [-0.3, -0.25) is 13.9 Å². The number of benzene rings is 2. The molecule has 0 amide bonds. The van der Waals surface area contributed by atoms with Gasteiger partial charge in [-0.1, -0.05) is 48.0 Å². The summed E-state index contributed by atoms with van der Waals surface area (Å²) < 4.78 is 4.47. The van der Waals surface area contributed by atoms with E-state index in [4.69, 9.17) is 16.6 Å². The third-order valence-electron chi connectivity index (χ3n) is 6.31. The van der Waals surface area contributed by atoms with Gasteiger partial charge in [0.25, 0.3) is 5.56 Å². The fourth-order valence-corrected chi connectivity index (χ4v) is 4.65. The van der Waals surface area contributed by atoms with Crippen molar-refractivity contribution >= 4 is 34.4 Å². The molecule has 33 heavy (non-hydrogen) atoms. The molecule has 1 fully saturated rings. The third kappa shape index (κ3) is 3.70. The fourth-order valence-electron chi connectivity index (χ4n) is 4.45. The van der Waals surface area contributed by atoms with E-state index in [2.05, 4.69) is 21.9 Å². The van der Waals surface area contributed by atoms with Gasteiger partial charge in [0.2, 0.25) is 5.95 Å². The number of aromatic nitrogens is 4. The Morgan fingerprint density at radius 2 is 1.48 bits per heavy atom. The van der Waals surface area contributed by atoms with Crippen LogP contribution in [-0.4, -0.2) is 44.9 Å². The number of piperazine rings is 1. The van der Waals surface area contributed by atoms with Crippen molar-refractivity contribution in [3.05, 3.63) is 86.0 Å². The lowest BCUT2D eigenvalue weighted by Crippen LogP contribution is -2.47. The molecule has 0 spiro atoms. The van der Waals surface area contributed by atoms with Gasteiger partial charge in [0.05, 0.1) is 6.54 Å². The molecule has 1 aliphatic rings. The van der Waals surface area contributed by atoms with Crippen LogP contribution in [0.15, 0.2) is 64.2 Å². The van der Waals surface area contributed by atoms with Crippen LogP contribution in [0.4, 0.5) is 11.6 Å². The highest BCUT2D eigenvalue weighted by molar-refractivity contribution is 6.31. The number of anilines is 2. The van der Waals surface area contributed by atoms with E-state index in [9.17, 15) is 9.59 Å². The number of nitrogens with zero attached hydrogens (tertiary/aromatic N) is 6. The molecule has 2 aromatic carbocycles. The zero-order chi connectivity index (χ0) is 23.1. The number of hydrogen-bond donors (Lipinski definition) is 0. The Bertz CT molecular complexity index is 1430. The summed E-state index contributed by atoms with van der Waals surface area (Å²) in [6.45, 7) is 3.35. The van der Waals surface area contributed by atoms with Gasteiger partial charge in [-0.05, 0) is 23.8 Å². The van der Waals surface area contributed by atoms with Crippen molar-refractivity contribution in [1.29, 1.82) is 0 Å². The zero-order valence-electron chi connectivity index (χ0n) is 18.6. The van der Waals surface area contributed by atoms with E-state index in [1.54, 1.807) is 17.7 Å². The summed E-state index contributed by atoms with van der Waals surface area (Å²) in [7, 11) is 3.48. The van der Waals surface area contributed by atoms with Gasteiger partial charge in [-0.25, -0.2) is 4.79 Å². The quantitative estimate of drug-likeness (QED) is 0.464. The average molecular weight is 465 g/mol. The van der Waals surface area contributed by atoms with Gasteiger partial charge in [-0.2, -0.15) is 4.98 Å². The van der Waals surface area contributed by atoms with E-state index in [-0.39, 0.29) is 12.1 Å². The Hall–Kier alpha value is -3.52. The molecule has 0 N–H and O–H groups in total. The molecule has 0 radical (unpaired) electrons. The van der Waals surface area contributed by atoms with E-state index in [1.165, 1.54) is 14.8 Å². The number of hydrogen-bond acceptors (Lipinski definition) is 5. The van der Waals surface area contributed by atoms with E-state index in [0.29, 0.717) is 22.1 Å². The van der Waals surface area contributed by atoms with Crippen LogP contribution in [0.5, 0.6) is 0 Å². The first-order valence-electron chi connectivity index (χ1n) is 10.9. The number of aryl methyl sites for hydroxylation is 2. The fraction of sp³-hybridized carbons (Fsp3) is 0.292. The van der Waals surface area contributed by atoms with Crippen molar-refractivity contribution in [3.63, 3.8) is 0 Å². The van der Waals surface area contributed by atoms with Gasteiger partial charge in [0.15, 0.2) is 11.2 Å². The van der Waals surface area contributed by atoms with Crippen LogP contribution < -0.4 is 21.0 Å². The topological polar surface area (TPSA) is 68.3 Å². The normalized spacial score (nSPS) is 14.3. The second-order valence-electron chi connectivity index (χ2n) is 8.28. The molecular weight excluding hydrogens is 440 g/mol. The SMILES string of the molecule is Cn1c(N2CCN(c3ccccc3)CC2)nc2c1c(=O)n(Cc1ccccc1Cl)c(=O)n2C. The highest BCUT2D eigenvalue weighted by Crippen LogP contribution is 2.22. The van der Waals surface area contributed by atoms with Gasteiger partial charge in [0.1, 0.15) is 0 Å². The maximum absolute atomic E-state index is 13.4. The molecular formula is C24H25ClN6O2. The molecule has 9 heteroatoms. The van der Waals surface area contributed by atoms with Gasteiger partial charge >= 0.3 is 5.69 Å². The highest BCUT2D eigenvalue weighted by Gasteiger charge is 2.25. The summed E-state index contributed by atoms with van der Waals surface area (Å²) >= 11 is 6.28. The highest BCUT2D eigenvalue weighted by atomic mass is 35.5. The van der Waals surface area contributed by atoms with E-state index in [0.717, 1.165) is 31.7 Å². The Kier molecular flexibility index (Phi) is 5.46. The Labute approximate surface area is 195 Å². The standard InChI is InChI=1S/C24H25ClN6O2/c1-27-20-21(26-23(27)30-14-12-29(13-15-30)18-9-4-3-5-10-18)28(2)24(33)31(22(20)32)16-17-8-6-7-11-19(17)25/h3-11H,12-16H2,1-2H3. The summed E-state index contributed by atoms with van der Waals surface area (Å²) in [4.78, 5) is 35.6. The molecule has 0 atom stereocenters. The summed E-state index contributed by atoms with van der Waals surface area (Å²) in [5.74, 6) is 0.695. The number of imidazole rings is 1. The first-order chi connectivity index (χ1) is 16.0. The Morgan fingerprint density at radius 1 is 0.848 bits per heavy atom. The Morgan fingerprint density at radius 3 is 2.18 bits per heavy atom. The van der Waals surface area contributed by atoms with E-state index >= 15 is 0 Å². The van der Waals surface area contributed by atoms with E-state index < -0.39 is 5.69 Å². The Balaban J connectivity index is 1.50. The molecule has 0 unspecified atom stereocenters. The van der Waals surface area contributed by atoms with Crippen molar-refractivity contribution in [2.45, 2.75) is 6.54 Å². The minimum atomic E-state index is -0.411. The van der Waals surface area contributed by atoms with Crippen molar-refractivity contribution in [2.75, 3.05) is 36.0 Å². The molecule has 0 aliphatic carbocycles. The molecule has 2 aromatic heterocycles. The number of halogens is 1. The van der Waals surface area contributed by atoms with Crippen LogP contribution in [0.25, 0.3) is 11.2 Å². The maximum Gasteiger partial charge on any atom is 0.332 e. The van der Waals surface area contributed by atoms with Crippen LogP contribution in [0.3, 0.4) is 0 Å². The number of para-hydroxylation sites is 1. The molecule has 170 valence electrons. The van der Waals surface area contributed by atoms with Crippen molar-refractivity contribution in [3.8, 4) is 0 Å². The van der Waals surface area contributed by atoms with Crippen LogP contribution in [-0.2, 0) is 20.6 Å². The minimum absolute atomic E-state index is 0.109. The summed E-state index contributed by atoms with van der Waals surface area (Å²) in [6, 6.07) is 17.6. The van der Waals surface area contributed by atoms with Gasteiger partial charge in [-0.15, -0.1) is 0 Å².